The molecule has 0 saturated carbocycles. The predicted octanol–water partition coefficient (Wildman–Crippen LogP) is 3.97. The molecule has 0 aliphatic rings. The van der Waals surface area contributed by atoms with Gasteiger partial charge >= 0.3 is 0 Å². The van der Waals surface area contributed by atoms with E-state index in [2.05, 4.69) is 26.5 Å². The van der Waals surface area contributed by atoms with Crippen molar-refractivity contribution in [3.05, 3.63) is 57.0 Å². The number of nitrogens with one attached hydrogen (secondary N) is 1. The average molecular weight is 398 g/mol. The number of amides is 1. The minimum atomic E-state index is -0.377. The summed E-state index contributed by atoms with van der Waals surface area (Å²) in [4.78, 5) is 11.9. The largest absolute Gasteiger partial charge is 0.504 e. The van der Waals surface area contributed by atoms with Gasteiger partial charge in [0, 0.05) is 20.6 Å². The van der Waals surface area contributed by atoms with Crippen LogP contribution < -0.4 is 10.2 Å². The maximum absolute atomic E-state index is 11.9. The van der Waals surface area contributed by atoms with Gasteiger partial charge in [-0.05, 0) is 43.3 Å². The molecule has 0 bridgehead atoms. The molecular weight excluding hydrogens is 384 g/mol. The molecule has 0 fully saturated rings. The summed E-state index contributed by atoms with van der Waals surface area (Å²) in [5.41, 5.74) is 3.23. The highest BCUT2D eigenvalue weighted by Gasteiger charge is 2.09. The van der Waals surface area contributed by atoms with Crippen molar-refractivity contribution < 1.29 is 14.6 Å². The highest BCUT2D eigenvalue weighted by Crippen LogP contribution is 2.32. The molecule has 2 rings (SSSR count). The van der Waals surface area contributed by atoms with Crippen molar-refractivity contribution in [3.63, 3.8) is 0 Å². The van der Waals surface area contributed by atoms with Crippen molar-refractivity contribution in [2.24, 2.45) is 5.10 Å². The fourth-order valence-corrected chi connectivity index (χ4v) is 2.37. The molecule has 0 spiro atoms. The summed E-state index contributed by atoms with van der Waals surface area (Å²) in [6.45, 7) is 2.24. The molecule has 0 radical (unpaired) electrons. The van der Waals surface area contributed by atoms with Crippen molar-refractivity contribution >= 4 is 39.7 Å². The van der Waals surface area contributed by atoms with Gasteiger partial charge in [0.25, 0.3) is 5.91 Å². The number of hydrogen-bond donors (Lipinski definition) is 2. The van der Waals surface area contributed by atoms with E-state index in [1.165, 1.54) is 6.21 Å². The molecule has 0 heterocycles. The summed E-state index contributed by atoms with van der Waals surface area (Å²) in [7, 11) is 0. The van der Waals surface area contributed by atoms with Crippen LogP contribution in [-0.2, 0) is 0 Å². The lowest BCUT2D eigenvalue weighted by Crippen LogP contribution is -2.17. The Labute approximate surface area is 147 Å². The van der Waals surface area contributed by atoms with Crippen LogP contribution >= 0.6 is 27.5 Å². The van der Waals surface area contributed by atoms with Gasteiger partial charge in [0.05, 0.1) is 12.8 Å². The molecule has 2 aromatic rings. The number of phenolic OH excluding ortho intramolecular Hbond substituents is 1. The molecule has 0 aliphatic carbocycles. The Balaban J connectivity index is 2.11. The van der Waals surface area contributed by atoms with Crippen LogP contribution in [0.25, 0.3) is 0 Å². The fraction of sp³-hybridized carbons (Fsp3) is 0.125. The third-order valence-corrected chi connectivity index (χ3v) is 3.55. The number of hydrazone groups is 1. The van der Waals surface area contributed by atoms with Gasteiger partial charge in [-0.15, -0.1) is 0 Å². The van der Waals surface area contributed by atoms with Crippen LogP contribution in [0.2, 0.25) is 5.02 Å². The zero-order chi connectivity index (χ0) is 16.8. The van der Waals surface area contributed by atoms with Crippen LogP contribution in [-0.4, -0.2) is 23.8 Å². The van der Waals surface area contributed by atoms with Crippen LogP contribution in [0.1, 0.15) is 22.8 Å². The Hall–Kier alpha value is -2.05. The first-order valence-corrected chi connectivity index (χ1v) is 7.92. The van der Waals surface area contributed by atoms with Crippen LogP contribution in [0, 0.1) is 0 Å². The SMILES string of the molecule is CCOc1cc(Br)cc(/C=N\NC(=O)c2ccc(Cl)cc2)c1O. The topological polar surface area (TPSA) is 70.9 Å². The van der Waals surface area contributed by atoms with E-state index in [0.29, 0.717) is 28.5 Å². The summed E-state index contributed by atoms with van der Waals surface area (Å²) in [5.74, 6) is -0.0793. The first-order valence-electron chi connectivity index (χ1n) is 6.75. The molecule has 2 N–H and O–H groups in total. The number of benzene rings is 2. The molecule has 120 valence electrons. The molecule has 0 aromatic heterocycles. The zero-order valence-corrected chi connectivity index (χ0v) is 14.6. The predicted molar refractivity (Wildman–Crippen MR) is 93.5 cm³/mol. The minimum Gasteiger partial charge on any atom is -0.504 e. The molecular formula is C16H14BrClN2O3. The van der Waals surface area contributed by atoms with E-state index >= 15 is 0 Å². The molecule has 0 atom stereocenters. The molecule has 0 saturated heterocycles. The van der Waals surface area contributed by atoms with Crippen LogP contribution in [0.5, 0.6) is 11.5 Å². The number of hydrogen-bond acceptors (Lipinski definition) is 4. The first-order chi connectivity index (χ1) is 11.0. The maximum atomic E-state index is 11.9. The molecule has 23 heavy (non-hydrogen) atoms. The van der Waals surface area contributed by atoms with Gasteiger partial charge in [-0.1, -0.05) is 27.5 Å². The summed E-state index contributed by atoms with van der Waals surface area (Å²) < 4.78 is 6.05. The number of phenols is 1. The molecule has 7 heteroatoms. The zero-order valence-electron chi connectivity index (χ0n) is 12.2. The molecule has 0 unspecified atom stereocenters. The summed E-state index contributed by atoms with van der Waals surface area (Å²) in [6, 6.07) is 9.75. The van der Waals surface area contributed by atoms with Gasteiger partial charge in [-0.25, -0.2) is 5.43 Å². The summed E-state index contributed by atoms with van der Waals surface area (Å²) in [6.07, 6.45) is 1.34. The number of ether oxygens (including phenoxy) is 1. The Morgan fingerprint density at radius 3 is 2.74 bits per heavy atom. The summed E-state index contributed by atoms with van der Waals surface area (Å²) in [5, 5.41) is 14.5. The highest BCUT2D eigenvalue weighted by molar-refractivity contribution is 9.10. The van der Waals surface area contributed by atoms with Crippen molar-refractivity contribution in [1.29, 1.82) is 0 Å². The lowest BCUT2D eigenvalue weighted by Gasteiger charge is -2.08. The number of carbonyl (C=O) groups excluding carboxylic acids is 1. The molecule has 1 amide bonds. The van der Waals surface area contributed by atoms with Gasteiger partial charge in [-0.3, -0.25) is 4.79 Å². The number of halogens is 2. The third kappa shape index (κ3) is 4.71. The van der Waals surface area contributed by atoms with E-state index in [4.69, 9.17) is 16.3 Å². The van der Waals surface area contributed by atoms with Crippen LogP contribution in [0.15, 0.2) is 46.0 Å². The Kier molecular flexibility index (Phi) is 6.01. The normalized spacial score (nSPS) is 10.7. The summed E-state index contributed by atoms with van der Waals surface area (Å²) >= 11 is 9.10. The van der Waals surface area contributed by atoms with Gasteiger partial charge in [0.15, 0.2) is 11.5 Å². The van der Waals surface area contributed by atoms with Gasteiger partial charge in [0.1, 0.15) is 0 Å². The second-order valence-corrected chi connectivity index (χ2v) is 5.83. The van der Waals surface area contributed by atoms with E-state index < -0.39 is 0 Å². The molecule has 5 nitrogen and oxygen atoms in total. The van der Waals surface area contributed by atoms with Crippen LogP contribution in [0.4, 0.5) is 0 Å². The van der Waals surface area contributed by atoms with E-state index in [1.54, 1.807) is 36.4 Å². The Morgan fingerprint density at radius 1 is 1.39 bits per heavy atom. The average Bonchev–Trinajstić information content (AvgIpc) is 2.52. The van der Waals surface area contributed by atoms with E-state index in [9.17, 15) is 9.90 Å². The second kappa shape index (κ2) is 7.99. The van der Waals surface area contributed by atoms with Crippen LogP contribution in [0.3, 0.4) is 0 Å². The molecule has 2 aromatic carbocycles. The third-order valence-electron chi connectivity index (χ3n) is 2.85. The number of carbonyl (C=O) groups is 1. The van der Waals surface area contributed by atoms with Crippen molar-refractivity contribution in [3.8, 4) is 11.5 Å². The van der Waals surface area contributed by atoms with Crippen molar-refractivity contribution in [2.45, 2.75) is 6.92 Å². The second-order valence-electron chi connectivity index (χ2n) is 4.48. The Bertz CT molecular complexity index is 733. The highest BCUT2D eigenvalue weighted by atomic mass is 79.9. The fourth-order valence-electron chi connectivity index (χ4n) is 1.78. The lowest BCUT2D eigenvalue weighted by atomic mass is 10.2. The number of nitrogens with zero attached hydrogens (tertiary/aromatic N) is 1. The number of aromatic hydroxyl groups is 1. The van der Waals surface area contributed by atoms with E-state index in [1.807, 2.05) is 6.92 Å². The smallest absolute Gasteiger partial charge is 0.271 e. The lowest BCUT2D eigenvalue weighted by molar-refractivity contribution is 0.0955. The van der Waals surface area contributed by atoms with Gasteiger partial charge in [0.2, 0.25) is 0 Å². The monoisotopic (exact) mass is 396 g/mol. The van der Waals surface area contributed by atoms with Gasteiger partial charge < -0.3 is 9.84 Å². The van der Waals surface area contributed by atoms with Crippen molar-refractivity contribution in [1.82, 2.24) is 5.43 Å². The minimum absolute atomic E-state index is 0.0421. The van der Waals surface area contributed by atoms with Gasteiger partial charge in [-0.2, -0.15) is 5.10 Å². The first kappa shape index (κ1) is 17.3. The van der Waals surface area contributed by atoms with E-state index in [-0.39, 0.29) is 11.7 Å². The Morgan fingerprint density at radius 2 is 2.09 bits per heavy atom. The molecule has 0 aliphatic heterocycles. The standard InChI is InChI=1S/C16H14BrClN2O3/c1-2-23-14-8-12(17)7-11(15(14)21)9-19-20-16(22)10-3-5-13(18)6-4-10/h3-9,21H,2H2,1H3,(H,20,22)/b19-9-. The maximum Gasteiger partial charge on any atom is 0.271 e. The van der Waals surface area contributed by atoms with Crippen molar-refractivity contribution in [2.75, 3.05) is 6.61 Å². The van der Waals surface area contributed by atoms with E-state index in [0.717, 1.165) is 4.47 Å². The quantitative estimate of drug-likeness (QED) is 0.592. The number of rotatable bonds is 5.